The van der Waals surface area contributed by atoms with Gasteiger partial charge in [0, 0.05) is 11.1 Å². The van der Waals surface area contributed by atoms with E-state index in [-0.39, 0.29) is 5.75 Å². The summed E-state index contributed by atoms with van der Waals surface area (Å²) in [6.07, 6.45) is 0.949. The van der Waals surface area contributed by atoms with Gasteiger partial charge in [0.1, 0.15) is 11.3 Å². The molecular formula is C13H15NO. The number of pyridine rings is 1. The van der Waals surface area contributed by atoms with Crippen LogP contribution in [-0.4, -0.2) is 10.1 Å². The van der Waals surface area contributed by atoms with Crippen molar-refractivity contribution in [2.45, 2.75) is 20.3 Å². The monoisotopic (exact) mass is 201 g/mol. The molecule has 0 radical (unpaired) electrons. The second-order valence-corrected chi connectivity index (χ2v) is 4.25. The number of benzene rings is 1. The predicted octanol–water partition coefficient (Wildman–Crippen LogP) is 3.14. The number of para-hydroxylation sites is 1. The molecule has 2 heteroatoms. The van der Waals surface area contributed by atoms with Gasteiger partial charge in [-0.1, -0.05) is 32.0 Å². The van der Waals surface area contributed by atoms with Crippen molar-refractivity contribution in [1.29, 1.82) is 0 Å². The average molecular weight is 201 g/mol. The highest BCUT2D eigenvalue weighted by molar-refractivity contribution is 5.84. The Hall–Kier alpha value is -1.57. The molecule has 0 aliphatic heterocycles. The van der Waals surface area contributed by atoms with E-state index in [1.54, 1.807) is 6.07 Å². The van der Waals surface area contributed by atoms with E-state index in [0.29, 0.717) is 11.4 Å². The van der Waals surface area contributed by atoms with Crippen LogP contribution in [-0.2, 0) is 6.42 Å². The third kappa shape index (κ3) is 2.09. The first kappa shape index (κ1) is 9.97. The van der Waals surface area contributed by atoms with Gasteiger partial charge in [-0.2, -0.15) is 0 Å². The van der Waals surface area contributed by atoms with Crippen molar-refractivity contribution >= 4 is 10.9 Å². The van der Waals surface area contributed by atoms with Gasteiger partial charge < -0.3 is 5.11 Å². The normalized spacial score (nSPS) is 11.1. The van der Waals surface area contributed by atoms with Crippen molar-refractivity contribution in [3.8, 4) is 5.75 Å². The zero-order valence-corrected chi connectivity index (χ0v) is 9.07. The molecule has 15 heavy (non-hydrogen) atoms. The minimum absolute atomic E-state index is 0.262. The number of aromatic hydroxyl groups is 1. The van der Waals surface area contributed by atoms with Gasteiger partial charge in [-0.25, -0.2) is 4.98 Å². The fraction of sp³-hybridized carbons (Fsp3) is 0.308. The number of fused-ring (bicyclic) bond motifs is 1. The molecule has 0 unspecified atom stereocenters. The first-order valence-electron chi connectivity index (χ1n) is 5.24. The molecule has 0 aliphatic carbocycles. The molecule has 2 aromatic rings. The molecule has 0 fully saturated rings. The Balaban J connectivity index is 2.50. The largest absolute Gasteiger partial charge is 0.506 e. The Bertz CT molecular complexity index is 477. The zero-order chi connectivity index (χ0) is 10.8. The van der Waals surface area contributed by atoms with Gasteiger partial charge in [-0.15, -0.1) is 0 Å². The van der Waals surface area contributed by atoms with Gasteiger partial charge in [0.2, 0.25) is 0 Å². The smallest absolute Gasteiger partial charge is 0.141 e. The van der Waals surface area contributed by atoms with Crippen LogP contribution in [0.4, 0.5) is 0 Å². The maximum Gasteiger partial charge on any atom is 0.141 e. The molecule has 0 amide bonds. The van der Waals surface area contributed by atoms with Crippen LogP contribution >= 0.6 is 0 Å². The van der Waals surface area contributed by atoms with Crippen molar-refractivity contribution in [1.82, 2.24) is 4.98 Å². The SMILES string of the molecule is CC(C)Cc1ccc2cccc(O)c2n1. The van der Waals surface area contributed by atoms with Crippen LogP contribution in [0.1, 0.15) is 19.5 Å². The van der Waals surface area contributed by atoms with Crippen LogP contribution in [0.3, 0.4) is 0 Å². The fourth-order valence-corrected chi connectivity index (χ4v) is 1.70. The maximum absolute atomic E-state index is 9.67. The summed E-state index contributed by atoms with van der Waals surface area (Å²) in [6, 6.07) is 9.51. The molecule has 0 atom stereocenters. The third-order valence-corrected chi connectivity index (χ3v) is 2.37. The highest BCUT2D eigenvalue weighted by atomic mass is 16.3. The van der Waals surface area contributed by atoms with Crippen LogP contribution in [0.15, 0.2) is 30.3 Å². The molecule has 0 bridgehead atoms. The minimum Gasteiger partial charge on any atom is -0.506 e. The molecule has 0 saturated carbocycles. The summed E-state index contributed by atoms with van der Waals surface area (Å²) in [7, 11) is 0. The van der Waals surface area contributed by atoms with Crippen molar-refractivity contribution in [2.24, 2.45) is 5.92 Å². The maximum atomic E-state index is 9.67. The zero-order valence-electron chi connectivity index (χ0n) is 9.07. The average Bonchev–Trinajstić information content (AvgIpc) is 2.18. The van der Waals surface area contributed by atoms with Gasteiger partial charge in [0.15, 0.2) is 0 Å². The second-order valence-electron chi connectivity index (χ2n) is 4.25. The lowest BCUT2D eigenvalue weighted by Gasteiger charge is -2.06. The quantitative estimate of drug-likeness (QED) is 0.809. The van der Waals surface area contributed by atoms with E-state index in [2.05, 4.69) is 18.8 Å². The minimum atomic E-state index is 0.262. The molecule has 1 aromatic heterocycles. The van der Waals surface area contributed by atoms with Crippen LogP contribution in [0.2, 0.25) is 0 Å². The molecule has 2 rings (SSSR count). The predicted molar refractivity (Wildman–Crippen MR) is 61.9 cm³/mol. The van der Waals surface area contributed by atoms with Crippen LogP contribution < -0.4 is 0 Å². The number of rotatable bonds is 2. The highest BCUT2D eigenvalue weighted by Gasteiger charge is 2.03. The summed E-state index contributed by atoms with van der Waals surface area (Å²) in [5.41, 5.74) is 1.75. The van der Waals surface area contributed by atoms with E-state index >= 15 is 0 Å². The number of hydrogen-bond donors (Lipinski definition) is 1. The molecule has 78 valence electrons. The van der Waals surface area contributed by atoms with Gasteiger partial charge in [-0.3, -0.25) is 0 Å². The number of nitrogens with zero attached hydrogens (tertiary/aromatic N) is 1. The molecule has 1 aromatic carbocycles. The second kappa shape index (κ2) is 3.89. The number of hydrogen-bond acceptors (Lipinski definition) is 2. The summed E-state index contributed by atoms with van der Waals surface area (Å²) in [5.74, 6) is 0.846. The molecule has 0 saturated heterocycles. The first-order chi connectivity index (χ1) is 7.16. The summed E-state index contributed by atoms with van der Waals surface area (Å²) in [6.45, 7) is 4.33. The van der Waals surface area contributed by atoms with E-state index in [9.17, 15) is 5.11 Å². The third-order valence-electron chi connectivity index (χ3n) is 2.37. The molecule has 1 N–H and O–H groups in total. The summed E-state index contributed by atoms with van der Waals surface area (Å²) in [5, 5.41) is 10.7. The Labute approximate surface area is 89.6 Å². The molecular weight excluding hydrogens is 186 g/mol. The van der Waals surface area contributed by atoms with E-state index < -0.39 is 0 Å². The van der Waals surface area contributed by atoms with Crippen molar-refractivity contribution in [3.63, 3.8) is 0 Å². The summed E-state index contributed by atoms with van der Waals surface area (Å²) in [4.78, 5) is 4.46. The van der Waals surface area contributed by atoms with Crippen molar-refractivity contribution in [3.05, 3.63) is 36.0 Å². The van der Waals surface area contributed by atoms with Gasteiger partial charge >= 0.3 is 0 Å². The summed E-state index contributed by atoms with van der Waals surface area (Å²) >= 11 is 0. The van der Waals surface area contributed by atoms with Crippen LogP contribution in [0, 0.1) is 5.92 Å². The van der Waals surface area contributed by atoms with E-state index in [0.717, 1.165) is 17.5 Å². The fourth-order valence-electron chi connectivity index (χ4n) is 1.70. The summed E-state index contributed by atoms with van der Waals surface area (Å²) < 4.78 is 0. The van der Waals surface area contributed by atoms with Gasteiger partial charge in [0.25, 0.3) is 0 Å². The Kier molecular flexibility index (Phi) is 2.58. The lowest BCUT2D eigenvalue weighted by molar-refractivity contribution is 0.480. The van der Waals surface area contributed by atoms with E-state index in [1.165, 1.54) is 0 Å². The van der Waals surface area contributed by atoms with Crippen molar-refractivity contribution < 1.29 is 5.11 Å². The highest BCUT2D eigenvalue weighted by Crippen LogP contribution is 2.22. The standard InChI is InChI=1S/C13H15NO/c1-9(2)8-11-7-6-10-4-3-5-12(15)13(10)14-11/h3-7,9,15H,8H2,1-2H3. The van der Waals surface area contributed by atoms with Gasteiger partial charge in [0.05, 0.1) is 0 Å². The molecule has 0 aliphatic rings. The number of phenols is 1. The number of aromatic nitrogens is 1. The Morgan fingerprint density at radius 1 is 1.20 bits per heavy atom. The van der Waals surface area contributed by atoms with Crippen LogP contribution in [0.25, 0.3) is 10.9 Å². The number of phenolic OH excluding ortho intramolecular Hbond substituents is 1. The van der Waals surface area contributed by atoms with E-state index in [4.69, 9.17) is 0 Å². The molecule has 0 spiro atoms. The first-order valence-corrected chi connectivity index (χ1v) is 5.24. The molecule has 1 heterocycles. The lowest BCUT2D eigenvalue weighted by atomic mass is 10.1. The van der Waals surface area contributed by atoms with E-state index in [1.807, 2.05) is 24.3 Å². The topological polar surface area (TPSA) is 33.1 Å². The lowest BCUT2D eigenvalue weighted by Crippen LogP contribution is -1.97. The van der Waals surface area contributed by atoms with Gasteiger partial charge in [-0.05, 0) is 24.5 Å². The van der Waals surface area contributed by atoms with Crippen LogP contribution in [0.5, 0.6) is 5.75 Å². The van der Waals surface area contributed by atoms with Crippen molar-refractivity contribution in [2.75, 3.05) is 0 Å². The Morgan fingerprint density at radius 2 is 2.00 bits per heavy atom. The Morgan fingerprint density at radius 3 is 2.73 bits per heavy atom. The molecule has 2 nitrogen and oxygen atoms in total.